The second-order valence-corrected chi connectivity index (χ2v) is 4.55. The van der Waals surface area contributed by atoms with E-state index in [1.807, 2.05) is 0 Å². The van der Waals surface area contributed by atoms with Crippen LogP contribution < -0.4 is 5.32 Å². The van der Waals surface area contributed by atoms with E-state index in [-0.39, 0.29) is 5.91 Å². The van der Waals surface area contributed by atoms with Gasteiger partial charge in [0.15, 0.2) is 0 Å². The average molecular weight is 277 g/mol. The number of rotatable bonds is 5. The second-order valence-electron chi connectivity index (χ2n) is 3.64. The van der Waals surface area contributed by atoms with Gasteiger partial charge in [0.2, 0.25) is 0 Å². The van der Waals surface area contributed by atoms with Gasteiger partial charge < -0.3 is 15.4 Å². The lowest BCUT2D eigenvalue weighted by atomic mass is 10.2. The number of carbonyl (C=O) groups excluding carboxylic acids is 1. The highest BCUT2D eigenvalue weighted by Gasteiger charge is 2.11. The van der Waals surface area contributed by atoms with Crippen LogP contribution in [0.1, 0.15) is 20.9 Å². The van der Waals surface area contributed by atoms with Crippen molar-refractivity contribution in [2.45, 2.75) is 6.54 Å². The van der Waals surface area contributed by atoms with Crippen molar-refractivity contribution in [1.82, 2.24) is 15.3 Å². The largest absolute Gasteiger partial charge is 0.478 e. The molecule has 0 radical (unpaired) electrons. The van der Waals surface area contributed by atoms with Gasteiger partial charge in [0.1, 0.15) is 0 Å². The maximum Gasteiger partial charge on any atom is 0.328 e. The molecule has 7 heteroatoms. The summed E-state index contributed by atoms with van der Waals surface area (Å²) >= 11 is 1.26. The first-order chi connectivity index (χ1) is 9.16. The minimum atomic E-state index is -1.05. The minimum absolute atomic E-state index is 0.241. The number of aromatic nitrogens is 2. The molecule has 0 aliphatic rings. The van der Waals surface area contributed by atoms with Crippen molar-refractivity contribution in [3.8, 4) is 0 Å². The fraction of sp³-hybridized carbons (Fsp3) is 0.0833. The van der Waals surface area contributed by atoms with Crippen LogP contribution in [-0.4, -0.2) is 27.0 Å². The Morgan fingerprint density at radius 3 is 3.05 bits per heavy atom. The molecule has 0 saturated heterocycles. The lowest BCUT2D eigenvalue weighted by molar-refractivity contribution is -0.131. The number of nitrogens with zero attached hydrogens (tertiary/aromatic N) is 1. The number of H-pyrrole nitrogens is 1. The summed E-state index contributed by atoms with van der Waals surface area (Å²) in [6.45, 7) is 0.346. The van der Waals surface area contributed by atoms with E-state index in [2.05, 4.69) is 15.3 Å². The van der Waals surface area contributed by atoms with Crippen LogP contribution >= 0.6 is 11.3 Å². The molecule has 1 amide bonds. The molecule has 0 bridgehead atoms. The lowest BCUT2D eigenvalue weighted by Crippen LogP contribution is -2.22. The standard InChI is InChI=1S/C12H11N3O3S/c16-10(17)2-1-8-3-4-19-11(8)12(18)14-6-9-5-13-7-15-9/h1-5,7H,6H2,(H,13,15)(H,14,18)(H,16,17). The third-order valence-electron chi connectivity index (χ3n) is 2.30. The number of nitrogens with one attached hydrogen (secondary N) is 2. The van der Waals surface area contributed by atoms with Crippen molar-refractivity contribution in [3.63, 3.8) is 0 Å². The number of carbonyl (C=O) groups is 2. The molecule has 6 nitrogen and oxygen atoms in total. The highest BCUT2D eigenvalue weighted by Crippen LogP contribution is 2.18. The minimum Gasteiger partial charge on any atom is -0.478 e. The van der Waals surface area contributed by atoms with Gasteiger partial charge in [-0.15, -0.1) is 11.3 Å². The van der Waals surface area contributed by atoms with Crippen LogP contribution in [0.25, 0.3) is 6.08 Å². The average Bonchev–Trinajstić information content (AvgIpc) is 3.04. The van der Waals surface area contributed by atoms with Gasteiger partial charge in [-0.25, -0.2) is 9.78 Å². The monoisotopic (exact) mass is 277 g/mol. The normalized spacial score (nSPS) is 10.7. The van der Waals surface area contributed by atoms with Crippen LogP contribution in [0.5, 0.6) is 0 Å². The molecule has 98 valence electrons. The molecule has 19 heavy (non-hydrogen) atoms. The Kier molecular flexibility index (Phi) is 4.09. The number of carboxylic acids is 1. The maximum atomic E-state index is 12.0. The highest BCUT2D eigenvalue weighted by atomic mass is 32.1. The zero-order valence-electron chi connectivity index (χ0n) is 9.79. The first-order valence-corrected chi connectivity index (χ1v) is 6.28. The number of imidazole rings is 1. The van der Waals surface area contributed by atoms with E-state index in [1.165, 1.54) is 23.7 Å². The van der Waals surface area contributed by atoms with E-state index in [0.29, 0.717) is 17.0 Å². The molecule has 0 unspecified atom stereocenters. The van der Waals surface area contributed by atoms with Crippen LogP contribution in [-0.2, 0) is 11.3 Å². The summed E-state index contributed by atoms with van der Waals surface area (Å²) in [5, 5.41) is 13.1. The van der Waals surface area contributed by atoms with Gasteiger partial charge in [-0.05, 0) is 23.1 Å². The predicted molar refractivity (Wildman–Crippen MR) is 70.7 cm³/mol. The van der Waals surface area contributed by atoms with Gasteiger partial charge in [0.05, 0.1) is 23.4 Å². The third kappa shape index (κ3) is 3.52. The van der Waals surface area contributed by atoms with Crippen molar-refractivity contribution in [2.24, 2.45) is 0 Å². The van der Waals surface area contributed by atoms with Gasteiger partial charge in [0.25, 0.3) is 5.91 Å². The van der Waals surface area contributed by atoms with E-state index >= 15 is 0 Å². The summed E-state index contributed by atoms with van der Waals surface area (Å²) in [4.78, 5) is 29.6. The summed E-state index contributed by atoms with van der Waals surface area (Å²) in [5.74, 6) is -1.29. The van der Waals surface area contributed by atoms with Crippen LogP contribution in [0.2, 0.25) is 0 Å². The molecule has 0 fully saturated rings. The second kappa shape index (κ2) is 5.96. The Labute approximate surface area is 112 Å². The molecule has 0 saturated carbocycles. The SMILES string of the molecule is O=C(O)C=Cc1ccsc1C(=O)NCc1cnc[nH]1. The number of aliphatic carboxylic acids is 1. The quantitative estimate of drug-likeness (QED) is 0.722. The maximum absolute atomic E-state index is 12.0. The van der Waals surface area contributed by atoms with Gasteiger partial charge in [-0.3, -0.25) is 4.79 Å². The zero-order valence-corrected chi connectivity index (χ0v) is 10.6. The van der Waals surface area contributed by atoms with Gasteiger partial charge in [0, 0.05) is 12.3 Å². The molecule has 0 spiro atoms. The van der Waals surface area contributed by atoms with E-state index in [1.54, 1.807) is 17.6 Å². The van der Waals surface area contributed by atoms with Crippen LogP contribution in [0.15, 0.2) is 30.0 Å². The number of hydrogen-bond acceptors (Lipinski definition) is 4. The number of carboxylic acid groups (broad SMARTS) is 1. The van der Waals surface area contributed by atoms with Crippen molar-refractivity contribution >= 4 is 29.3 Å². The zero-order chi connectivity index (χ0) is 13.7. The summed E-state index contributed by atoms with van der Waals surface area (Å²) in [6.07, 6.45) is 5.57. The molecule has 2 aromatic heterocycles. The molecule has 0 aliphatic heterocycles. The van der Waals surface area contributed by atoms with Crippen molar-refractivity contribution in [1.29, 1.82) is 0 Å². The fourth-order valence-corrected chi connectivity index (χ4v) is 2.24. The first kappa shape index (κ1) is 13.0. The van der Waals surface area contributed by atoms with Crippen LogP contribution in [0.4, 0.5) is 0 Å². The molecule has 0 aliphatic carbocycles. The first-order valence-electron chi connectivity index (χ1n) is 5.41. The van der Waals surface area contributed by atoms with Crippen molar-refractivity contribution in [3.05, 3.63) is 46.2 Å². The van der Waals surface area contributed by atoms with Crippen LogP contribution in [0, 0.1) is 0 Å². The number of aromatic amines is 1. The van der Waals surface area contributed by atoms with Crippen molar-refractivity contribution < 1.29 is 14.7 Å². The third-order valence-corrected chi connectivity index (χ3v) is 3.23. The number of amides is 1. The molecule has 0 aromatic carbocycles. The van der Waals surface area contributed by atoms with E-state index in [0.717, 1.165) is 11.8 Å². The van der Waals surface area contributed by atoms with E-state index in [4.69, 9.17) is 5.11 Å². The van der Waals surface area contributed by atoms with Crippen LogP contribution in [0.3, 0.4) is 0 Å². The topological polar surface area (TPSA) is 95.1 Å². The molecule has 3 N–H and O–H groups in total. The summed E-state index contributed by atoms with van der Waals surface area (Å²) in [7, 11) is 0. The summed E-state index contributed by atoms with van der Waals surface area (Å²) < 4.78 is 0. The molecule has 0 atom stereocenters. The molecule has 2 rings (SSSR count). The fourth-order valence-electron chi connectivity index (χ4n) is 1.43. The van der Waals surface area contributed by atoms with Gasteiger partial charge >= 0.3 is 5.97 Å². The van der Waals surface area contributed by atoms with Crippen molar-refractivity contribution in [2.75, 3.05) is 0 Å². The summed E-state index contributed by atoms with van der Waals surface area (Å²) in [5.41, 5.74) is 1.39. The highest BCUT2D eigenvalue weighted by molar-refractivity contribution is 7.12. The summed E-state index contributed by atoms with van der Waals surface area (Å²) in [6, 6.07) is 1.70. The Hall–Kier alpha value is -2.41. The number of thiophene rings is 1. The molecule has 2 aromatic rings. The van der Waals surface area contributed by atoms with Gasteiger partial charge in [-0.1, -0.05) is 0 Å². The molecular formula is C12H11N3O3S. The molecular weight excluding hydrogens is 266 g/mol. The Bertz CT molecular complexity index is 602. The smallest absolute Gasteiger partial charge is 0.328 e. The molecule has 2 heterocycles. The predicted octanol–water partition coefficient (Wildman–Crippen LogP) is 1.50. The Balaban J connectivity index is 2.03. The van der Waals surface area contributed by atoms with E-state index < -0.39 is 5.97 Å². The Morgan fingerprint density at radius 2 is 2.37 bits per heavy atom. The van der Waals surface area contributed by atoms with E-state index in [9.17, 15) is 9.59 Å². The number of hydrogen-bond donors (Lipinski definition) is 3. The Morgan fingerprint density at radius 1 is 1.53 bits per heavy atom. The lowest BCUT2D eigenvalue weighted by Gasteiger charge is -2.02. The van der Waals surface area contributed by atoms with Gasteiger partial charge in [-0.2, -0.15) is 0 Å².